The zero-order chi connectivity index (χ0) is 13.6. The van der Waals surface area contributed by atoms with Crippen molar-refractivity contribution < 1.29 is 4.79 Å². The molecule has 0 aromatic heterocycles. The molecule has 0 saturated carbocycles. The number of carbonyl (C=O) groups excluding carboxylic acids is 1. The molecule has 0 aliphatic carbocycles. The minimum atomic E-state index is -0.133. The van der Waals surface area contributed by atoms with Gasteiger partial charge in [-0.25, -0.2) is 5.43 Å². The molecule has 0 saturated heterocycles. The van der Waals surface area contributed by atoms with Gasteiger partial charge in [-0.05, 0) is 19.4 Å². The van der Waals surface area contributed by atoms with Gasteiger partial charge in [-0.2, -0.15) is 0 Å². The van der Waals surface area contributed by atoms with Gasteiger partial charge in [-0.3, -0.25) is 4.79 Å². The standard InChI is InChI=1S/C12H27N5O/c13-10-8-6-4-2-1-3-5-7-9-11(18)16-17-12(14)15/h1-10,13H2,(H,16,18)(H4,14,15,17). The van der Waals surface area contributed by atoms with Crippen molar-refractivity contribution in [2.45, 2.75) is 57.8 Å². The van der Waals surface area contributed by atoms with Crippen molar-refractivity contribution in [3.05, 3.63) is 0 Å². The first kappa shape index (κ1) is 16.7. The first-order valence-electron chi connectivity index (χ1n) is 6.74. The van der Waals surface area contributed by atoms with Crippen LogP contribution in [0.2, 0.25) is 0 Å². The molecule has 18 heavy (non-hydrogen) atoms. The monoisotopic (exact) mass is 257 g/mol. The lowest BCUT2D eigenvalue weighted by molar-refractivity contribution is -0.121. The van der Waals surface area contributed by atoms with E-state index in [9.17, 15) is 4.79 Å². The highest BCUT2D eigenvalue weighted by molar-refractivity contribution is 5.80. The fraction of sp³-hybridized carbons (Fsp3) is 0.833. The summed E-state index contributed by atoms with van der Waals surface area (Å²) in [5, 5.41) is 3.44. The van der Waals surface area contributed by atoms with E-state index in [1.165, 1.54) is 32.1 Å². The molecule has 0 rings (SSSR count). The summed E-state index contributed by atoms with van der Waals surface area (Å²) in [6, 6.07) is 0. The summed E-state index contributed by atoms with van der Waals surface area (Å²) in [6.45, 7) is 0.797. The van der Waals surface area contributed by atoms with E-state index in [0.717, 1.165) is 25.8 Å². The Kier molecular flexibility index (Phi) is 11.3. The van der Waals surface area contributed by atoms with Gasteiger partial charge < -0.3 is 17.2 Å². The molecule has 0 aromatic rings. The molecule has 0 unspecified atom stereocenters. The lowest BCUT2D eigenvalue weighted by atomic mass is 10.1. The maximum atomic E-state index is 11.2. The Hall–Kier alpha value is -1.30. The lowest BCUT2D eigenvalue weighted by Crippen LogP contribution is -2.28. The van der Waals surface area contributed by atoms with Crippen LogP contribution in [0.15, 0.2) is 5.10 Å². The van der Waals surface area contributed by atoms with E-state index >= 15 is 0 Å². The number of nitrogens with two attached hydrogens (primary N) is 3. The summed E-state index contributed by atoms with van der Waals surface area (Å²) in [4.78, 5) is 11.2. The van der Waals surface area contributed by atoms with Gasteiger partial charge in [-0.1, -0.05) is 38.5 Å². The van der Waals surface area contributed by atoms with Crippen LogP contribution >= 0.6 is 0 Å². The Balaban J connectivity index is 3.20. The highest BCUT2D eigenvalue weighted by Gasteiger charge is 1.99. The van der Waals surface area contributed by atoms with Crippen LogP contribution in [0.5, 0.6) is 0 Å². The van der Waals surface area contributed by atoms with Gasteiger partial charge in [0.1, 0.15) is 0 Å². The van der Waals surface area contributed by atoms with Crippen LogP contribution < -0.4 is 22.6 Å². The molecule has 7 N–H and O–H groups in total. The van der Waals surface area contributed by atoms with Crippen molar-refractivity contribution >= 4 is 11.9 Å². The molecule has 0 atom stereocenters. The average Bonchev–Trinajstić information content (AvgIpc) is 2.34. The lowest BCUT2D eigenvalue weighted by Gasteiger charge is -2.02. The van der Waals surface area contributed by atoms with Crippen LogP contribution in [0.1, 0.15) is 57.8 Å². The Morgan fingerprint density at radius 1 is 0.889 bits per heavy atom. The van der Waals surface area contributed by atoms with E-state index in [4.69, 9.17) is 17.2 Å². The number of nitrogens with zero attached hydrogens (tertiary/aromatic N) is 1. The van der Waals surface area contributed by atoms with E-state index in [1.54, 1.807) is 0 Å². The molecular weight excluding hydrogens is 230 g/mol. The minimum absolute atomic E-state index is 0.124. The predicted molar refractivity (Wildman–Crippen MR) is 74.6 cm³/mol. The second kappa shape index (κ2) is 12.2. The summed E-state index contributed by atoms with van der Waals surface area (Å²) in [5.74, 6) is -0.257. The van der Waals surface area contributed by atoms with Gasteiger partial charge >= 0.3 is 0 Å². The molecule has 0 aliphatic rings. The molecule has 0 bridgehead atoms. The first-order valence-corrected chi connectivity index (χ1v) is 6.74. The zero-order valence-corrected chi connectivity index (χ0v) is 11.2. The molecule has 1 amide bonds. The molecule has 0 fully saturated rings. The van der Waals surface area contributed by atoms with Gasteiger partial charge in [0.25, 0.3) is 0 Å². The van der Waals surface area contributed by atoms with Crippen molar-refractivity contribution in [3.8, 4) is 0 Å². The third-order valence-corrected chi connectivity index (χ3v) is 2.67. The van der Waals surface area contributed by atoms with Gasteiger partial charge in [0, 0.05) is 6.42 Å². The molecular formula is C12H27N5O. The van der Waals surface area contributed by atoms with E-state index in [0.29, 0.717) is 6.42 Å². The van der Waals surface area contributed by atoms with Gasteiger partial charge in [0.2, 0.25) is 11.9 Å². The van der Waals surface area contributed by atoms with Crippen LogP contribution in [-0.4, -0.2) is 18.4 Å². The highest BCUT2D eigenvalue weighted by Crippen LogP contribution is 2.09. The molecule has 0 spiro atoms. The average molecular weight is 257 g/mol. The number of carbonyl (C=O) groups is 1. The smallest absolute Gasteiger partial charge is 0.240 e. The fourth-order valence-electron chi connectivity index (χ4n) is 1.67. The number of unbranched alkanes of at least 4 members (excludes halogenated alkanes) is 7. The van der Waals surface area contributed by atoms with Gasteiger partial charge in [0.15, 0.2) is 0 Å². The quantitative estimate of drug-likeness (QED) is 0.189. The van der Waals surface area contributed by atoms with Crippen molar-refractivity contribution in [1.29, 1.82) is 0 Å². The number of guanidine groups is 1. The summed E-state index contributed by atoms with van der Waals surface area (Å²) >= 11 is 0. The van der Waals surface area contributed by atoms with Gasteiger partial charge in [-0.15, -0.1) is 5.10 Å². The van der Waals surface area contributed by atoms with Crippen LogP contribution in [0.4, 0.5) is 0 Å². The highest BCUT2D eigenvalue weighted by atomic mass is 16.2. The van der Waals surface area contributed by atoms with Gasteiger partial charge in [0.05, 0.1) is 0 Å². The third kappa shape index (κ3) is 12.8. The Bertz CT molecular complexity index is 239. The molecule has 0 radical (unpaired) electrons. The van der Waals surface area contributed by atoms with Crippen molar-refractivity contribution in [2.75, 3.05) is 6.54 Å². The number of nitrogens with one attached hydrogen (secondary N) is 1. The topological polar surface area (TPSA) is 120 Å². The SMILES string of the molecule is NCCCCCCCCCCC(=O)NN=C(N)N. The number of hydrogen-bond acceptors (Lipinski definition) is 3. The second-order valence-corrected chi connectivity index (χ2v) is 4.44. The maximum absolute atomic E-state index is 11.2. The molecule has 0 aliphatic heterocycles. The van der Waals surface area contributed by atoms with E-state index in [-0.39, 0.29) is 11.9 Å². The fourth-order valence-corrected chi connectivity index (χ4v) is 1.67. The Morgan fingerprint density at radius 2 is 1.39 bits per heavy atom. The minimum Gasteiger partial charge on any atom is -0.369 e. The predicted octanol–water partition coefficient (Wildman–Crippen LogP) is 0.761. The number of hydrazone groups is 1. The zero-order valence-electron chi connectivity index (χ0n) is 11.2. The molecule has 6 nitrogen and oxygen atoms in total. The number of rotatable bonds is 11. The third-order valence-electron chi connectivity index (χ3n) is 2.67. The summed E-state index contributed by atoms with van der Waals surface area (Å²) < 4.78 is 0. The Morgan fingerprint density at radius 3 is 1.89 bits per heavy atom. The largest absolute Gasteiger partial charge is 0.369 e. The van der Waals surface area contributed by atoms with Crippen molar-refractivity contribution in [3.63, 3.8) is 0 Å². The first-order chi connectivity index (χ1) is 8.66. The molecule has 0 aromatic carbocycles. The van der Waals surface area contributed by atoms with Crippen molar-refractivity contribution in [1.82, 2.24) is 5.43 Å². The van der Waals surface area contributed by atoms with E-state index < -0.39 is 0 Å². The van der Waals surface area contributed by atoms with Crippen LogP contribution in [0.25, 0.3) is 0 Å². The van der Waals surface area contributed by atoms with E-state index in [1.807, 2.05) is 0 Å². The molecule has 106 valence electrons. The van der Waals surface area contributed by atoms with E-state index in [2.05, 4.69) is 10.5 Å². The van der Waals surface area contributed by atoms with Crippen LogP contribution in [-0.2, 0) is 4.79 Å². The maximum Gasteiger partial charge on any atom is 0.240 e. The number of hydrogen-bond donors (Lipinski definition) is 4. The second-order valence-electron chi connectivity index (χ2n) is 4.44. The van der Waals surface area contributed by atoms with Crippen LogP contribution in [0.3, 0.4) is 0 Å². The Labute approximate surface area is 109 Å². The normalized spacial score (nSPS) is 10.1. The molecule has 6 heteroatoms. The van der Waals surface area contributed by atoms with Crippen molar-refractivity contribution in [2.24, 2.45) is 22.3 Å². The number of amides is 1. The molecule has 0 heterocycles. The van der Waals surface area contributed by atoms with Crippen LogP contribution in [0, 0.1) is 0 Å². The summed E-state index contributed by atoms with van der Waals surface area (Å²) in [5.41, 5.74) is 17.9. The summed E-state index contributed by atoms with van der Waals surface area (Å²) in [7, 11) is 0. The summed E-state index contributed by atoms with van der Waals surface area (Å²) in [6.07, 6.45) is 9.74.